The standard InChI is InChI=1S/C25H36O3/c1-3-5-19-6-8-20(9-7-19)21-10-12-22(13-11-21)23-14-16-24(17-15-23)27-18-28-25(26)4-2/h4,14-17,19-22H,2-3,5-13,18H2,1H3. The van der Waals surface area contributed by atoms with E-state index in [-0.39, 0.29) is 6.79 Å². The molecule has 1 aromatic rings. The van der Waals surface area contributed by atoms with Crippen LogP contribution in [0.25, 0.3) is 0 Å². The van der Waals surface area contributed by atoms with Gasteiger partial charge in [-0.3, -0.25) is 0 Å². The second kappa shape index (κ2) is 10.7. The molecule has 0 saturated heterocycles. The van der Waals surface area contributed by atoms with E-state index in [1.54, 1.807) is 0 Å². The first-order valence-corrected chi connectivity index (χ1v) is 11.2. The lowest BCUT2D eigenvalue weighted by Crippen LogP contribution is -2.25. The van der Waals surface area contributed by atoms with E-state index >= 15 is 0 Å². The van der Waals surface area contributed by atoms with Crippen molar-refractivity contribution in [2.75, 3.05) is 6.79 Å². The van der Waals surface area contributed by atoms with Crippen molar-refractivity contribution in [3.05, 3.63) is 42.5 Å². The Morgan fingerprint density at radius 2 is 1.61 bits per heavy atom. The maximum Gasteiger partial charge on any atom is 0.333 e. The molecule has 0 bridgehead atoms. The van der Waals surface area contributed by atoms with Gasteiger partial charge in [0.05, 0.1) is 0 Å². The first-order valence-electron chi connectivity index (χ1n) is 11.2. The topological polar surface area (TPSA) is 35.5 Å². The van der Waals surface area contributed by atoms with E-state index in [2.05, 4.69) is 25.6 Å². The minimum absolute atomic E-state index is 0.0736. The van der Waals surface area contributed by atoms with E-state index in [4.69, 9.17) is 9.47 Å². The van der Waals surface area contributed by atoms with Gasteiger partial charge in [-0.25, -0.2) is 4.79 Å². The lowest BCUT2D eigenvalue weighted by Gasteiger charge is -2.38. The maximum absolute atomic E-state index is 11.0. The molecule has 28 heavy (non-hydrogen) atoms. The van der Waals surface area contributed by atoms with Crippen LogP contribution in [0.3, 0.4) is 0 Å². The molecule has 3 rings (SSSR count). The van der Waals surface area contributed by atoms with Crippen LogP contribution in [0.4, 0.5) is 0 Å². The van der Waals surface area contributed by atoms with Gasteiger partial charge in [-0.1, -0.05) is 51.3 Å². The molecule has 0 atom stereocenters. The highest BCUT2D eigenvalue weighted by molar-refractivity contribution is 5.81. The van der Waals surface area contributed by atoms with E-state index in [1.807, 2.05) is 12.1 Å². The summed E-state index contributed by atoms with van der Waals surface area (Å²) in [5, 5.41) is 0. The van der Waals surface area contributed by atoms with Crippen molar-refractivity contribution in [1.82, 2.24) is 0 Å². The van der Waals surface area contributed by atoms with Crippen LogP contribution in [-0.4, -0.2) is 12.8 Å². The minimum Gasteiger partial charge on any atom is -0.457 e. The number of esters is 1. The van der Waals surface area contributed by atoms with Crippen LogP contribution in [0, 0.1) is 17.8 Å². The van der Waals surface area contributed by atoms with E-state index in [1.165, 1.54) is 69.8 Å². The van der Waals surface area contributed by atoms with E-state index in [0.717, 1.165) is 29.6 Å². The third kappa shape index (κ3) is 5.86. The van der Waals surface area contributed by atoms with Crippen molar-refractivity contribution in [3.63, 3.8) is 0 Å². The Morgan fingerprint density at radius 1 is 1.00 bits per heavy atom. The smallest absolute Gasteiger partial charge is 0.333 e. The van der Waals surface area contributed by atoms with Gasteiger partial charge >= 0.3 is 5.97 Å². The molecule has 0 aromatic heterocycles. The van der Waals surface area contributed by atoms with Gasteiger partial charge in [-0.15, -0.1) is 0 Å². The highest BCUT2D eigenvalue weighted by Crippen LogP contribution is 2.44. The molecular weight excluding hydrogens is 348 g/mol. The second-order valence-electron chi connectivity index (χ2n) is 8.68. The highest BCUT2D eigenvalue weighted by atomic mass is 16.7. The van der Waals surface area contributed by atoms with Gasteiger partial charge in [-0.2, -0.15) is 0 Å². The van der Waals surface area contributed by atoms with Crippen molar-refractivity contribution in [1.29, 1.82) is 0 Å². The largest absolute Gasteiger partial charge is 0.457 e. The molecule has 2 aliphatic rings. The molecule has 154 valence electrons. The fourth-order valence-corrected chi connectivity index (χ4v) is 5.33. The van der Waals surface area contributed by atoms with E-state index < -0.39 is 5.97 Å². The monoisotopic (exact) mass is 384 g/mol. The van der Waals surface area contributed by atoms with E-state index in [9.17, 15) is 4.79 Å². The minimum atomic E-state index is -0.466. The Morgan fingerprint density at radius 3 is 2.18 bits per heavy atom. The van der Waals surface area contributed by atoms with Crippen LogP contribution >= 0.6 is 0 Å². The molecule has 0 N–H and O–H groups in total. The molecule has 3 heteroatoms. The Bertz CT molecular complexity index is 605. The van der Waals surface area contributed by atoms with Crippen LogP contribution < -0.4 is 4.74 Å². The molecule has 2 aliphatic carbocycles. The summed E-state index contributed by atoms with van der Waals surface area (Å²) in [5.41, 5.74) is 1.42. The van der Waals surface area contributed by atoms with E-state index in [0.29, 0.717) is 5.92 Å². The number of benzene rings is 1. The SMILES string of the molecule is C=CC(=O)OCOc1ccc(C2CCC(C3CCC(CCC)CC3)CC2)cc1. The molecule has 3 nitrogen and oxygen atoms in total. The molecule has 0 heterocycles. The maximum atomic E-state index is 11.0. The predicted molar refractivity (Wildman–Crippen MR) is 113 cm³/mol. The lowest BCUT2D eigenvalue weighted by atomic mass is 9.68. The second-order valence-corrected chi connectivity index (χ2v) is 8.68. The summed E-state index contributed by atoms with van der Waals surface area (Å²) in [4.78, 5) is 11.0. The first kappa shape index (κ1) is 21.0. The van der Waals surface area contributed by atoms with Crippen molar-refractivity contribution >= 4 is 5.97 Å². The van der Waals surface area contributed by atoms with Gasteiger partial charge in [0.2, 0.25) is 6.79 Å². The van der Waals surface area contributed by atoms with Crippen LogP contribution in [-0.2, 0) is 9.53 Å². The Labute approximate surface area is 170 Å². The molecular formula is C25H36O3. The highest BCUT2D eigenvalue weighted by Gasteiger charge is 2.31. The molecule has 0 radical (unpaired) electrons. The van der Waals surface area contributed by atoms with Crippen molar-refractivity contribution in [2.45, 2.75) is 77.0 Å². The molecule has 0 aliphatic heterocycles. The summed E-state index contributed by atoms with van der Waals surface area (Å²) >= 11 is 0. The average molecular weight is 385 g/mol. The fraction of sp³-hybridized carbons (Fsp3) is 0.640. The van der Waals surface area contributed by atoms with Crippen LogP contribution in [0.1, 0.15) is 82.6 Å². The van der Waals surface area contributed by atoms with Gasteiger partial charge in [0.1, 0.15) is 5.75 Å². The van der Waals surface area contributed by atoms with Gasteiger partial charge in [-0.05, 0) is 79.9 Å². The van der Waals surface area contributed by atoms with Crippen molar-refractivity contribution < 1.29 is 14.3 Å². The Kier molecular flexibility index (Phi) is 8.00. The zero-order valence-corrected chi connectivity index (χ0v) is 17.4. The third-order valence-electron chi connectivity index (χ3n) is 6.97. The Balaban J connectivity index is 1.41. The quantitative estimate of drug-likeness (QED) is 0.286. The van der Waals surface area contributed by atoms with Gasteiger partial charge in [0.15, 0.2) is 0 Å². The zero-order chi connectivity index (χ0) is 19.8. The number of ether oxygens (including phenoxy) is 2. The van der Waals surface area contributed by atoms with Crippen LogP contribution in [0.2, 0.25) is 0 Å². The number of rotatable bonds is 8. The predicted octanol–water partition coefficient (Wildman–Crippen LogP) is 6.63. The lowest BCUT2D eigenvalue weighted by molar-refractivity contribution is -0.144. The van der Waals surface area contributed by atoms with Crippen LogP contribution in [0.5, 0.6) is 5.75 Å². The van der Waals surface area contributed by atoms with Crippen molar-refractivity contribution in [2.24, 2.45) is 17.8 Å². The number of hydrogen-bond acceptors (Lipinski definition) is 3. The normalized spacial score (nSPS) is 27.8. The molecule has 0 spiro atoms. The molecule has 1 aromatic carbocycles. The van der Waals surface area contributed by atoms with Gasteiger partial charge < -0.3 is 9.47 Å². The van der Waals surface area contributed by atoms with Crippen LogP contribution in [0.15, 0.2) is 36.9 Å². The van der Waals surface area contributed by atoms with Gasteiger partial charge in [0.25, 0.3) is 0 Å². The fourth-order valence-electron chi connectivity index (χ4n) is 5.33. The third-order valence-corrected chi connectivity index (χ3v) is 6.97. The molecule has 2 fully saturated rings. The number of carbonyl (C=O) groups is 1. The molecule has 2 saturated carbocycles. The summed E-state index contributed by atoms with van der Waals surface area (Å²) in [5.74, 6) is 3.91. The average Bonchev–Trinajstić information content (AvgIpc) is 2.75. The summed E-state index contributed by atoms with van der Waals surface area (Å²) in [6, 6.07) is 8.31. The summed E-state index contributed by atoms with van der Waals surface area (Å²) in [6.45, 7) is 5.61. The van der Waals surface area contributed by atoms with Crippen molar-refractivity contribution in [3.8, 4) is 5.75 Å². The first-order chi connectivity index (χ1) is 13.7. The Hall–Kier alpha value is -1.77. The summed E-state index contributed by atoms with van der Waals surface area (Å²) in [6.07, 6.45) is 15.2. The zero-order valence-electron chi connectivity index (χ0n) is 17.4. The molecule has 0 unspecified atom stereocenters. The number of hydrogen-bond donors (Lipinski definition) is 0. The van der Waals surface area contributed by atoms with Gasteiger partial charge in [0, 0.05) is 6.08 Å². The summed E-state index contributed by atoms with van der Waals surface area (Å²) < 4.78 is 10.3. The number of carbonyl (C=O) groups excluding carboxylic acids is 1. The molecule has 0 amide bonds. The summed E-state index contributed by atoms with van der Waals surface area (Å²) in [7, 11) is 0.